The Morgan fingerprint density at radius 1 is 0.394 bits per heavy atom. The third kappa shape index (κ3) is 7.07. The Morgan fingerprint density at radius 3 is 1.58 bits per heavy atom. The Bertz CT molecular complexity index is 3430. The summed E-state index contributed by atoms with van der Waals surface area (Å²) in [7, 11) is 0. The molecular formula is C60H57N5O. The molecule has 0 saturated carbocycles. The maximum atomic E-state index is 6.86. The number of benzene rings is 7. The van der Waals surface area contributed by atoms with Crippen molar-refractivity contribution in [3.63, 3.8) is 0 Å². The van der Waals surface area contributed by atoms with E-state index in [9.17, 15) is 0 Å². The first kappa shape index (κ1) is 41.4. The molecular weight excluding hydrogens is 807 g/mol. The summed E-state index contributed by atoms with van der Waals surface area (Å²) in [5.41, 5.74) is 14.1. The third-order valence-electron chi connectivity index (χ3n) is 13.5. The Kier molecular flexibility index (Phi) is 9.49. The van der Waals surface area contributed by atoms with Crippen molar-refractivity contribution < 1.29 is 4.74 Å². The average Bonchev–Trinajstić information content (AvgIpc) is 3.96. The summed E-state index contributed by atoms with van der Waals surface area (Å²) in [6, 6.07) is 59.5. The molecule has 66 heavy (non-hydrogen) atoms. The van der Waals surface area contributed by atoms with Crippen LogP contribution in [0.5, 0.6) is 11.5 Å². The van der Waals surface area contributed by atoms with E-state index in [0.717, 1.165) is 50.5 Å². The zero-order valence-corrected chi connectivity index (χ0v) is 39.5. The van der Waals surface area contributed by atoms with Crippen molar-refractivity contribution in [1.29, 1.82) is 0 Å². The summed E-state index contributed by atoms with van der Waals surface area (Å²) in [4.78, 5) is 9.89. The van der Waals surface area contributed by atoms with E-state index in [1.165, 1.54) is 55.6 Å². The van der Waals surface area contributed by atoms with Crippen molar-refractivity contribution in [2.24, 2.45) is 0 Å². The number of aromatic nitrogens is 3. The summed E-state index contributed by atoms with van der Waals surface area (Å²) >= 11 is 0. The van der Waals surface area contributed by atoms with Crippen LogP contribution in [0.1, 0.15) is 79.0 Å². The molecule has 0 unspecified atom stereocenters. The standard InChI is InChI=1S/C60H57N5O/c1-58(2,3)39-29-30-61-57(34-39)65-55-36-43(64-51-21-12-10-19-47(51)48-20-11-13-22-52(48)64)25-27-49(55)50-28-26-46(37-56(50)65)66-45-18-16-17-42(35-45)62-38-63(54-24-15-14-23-53(54)62)44-32-40(59(4,5)6)31-41(33-44)60(7,8)9/h10-37H,38H2,1-9H3. The van der Waals surface area contributed by atoms with Gasteiger partial charge in [0.05, 0.1) is 33.4 Å². The predicted molar refractivity (Wildman–Crippen MR) is 278 cm³/mol. The van der Waals surface area contributed by atoms with Gasteiger partial charge in [0.2, 0.25) is 0 Å². The summed E-state index contributed by atoms with van der Waals surface area (Å²) in [6.45, 7) is 21.3. The molecule has 0 atom stereocenters. The van der Waals surface area contributed by atoms with Gasteiger partial charge in [-0.25, -0.2) is 4.98 Å². The maximum absolute atomic E-state index is 6.86. The van der Waals surface area contributed by atoms with Crippen LogP contribution in [0.4, 0.5) is 22.7 Å². The molecule has 0 fully saturated rings. The normalized spacial score (nSPS) is 13.4. The molecule has 6 heteroatoms. The van der Waals surface area contributed by atoms with Crippen molar-refractivity contribution in [3.8, 4) is 23.0 Å². The molecule has 3 aromatic heterocycles. The lowest BCUT2D eigenvalue weighted by molar-refractivity contribution is 0.483. The quantitative estimate of drug-likeness (QED) is 0.167. The number of nitrogens with zero attached hydrogens (tertiary/aromatic N) is 5. The fourth-order valence-corrected chi connectivity index (χ4v) is 9.78. The monoisotopic (exact) mass is 863 g/mol. The van der Waals surface area contributed by atoms with Crippen LogP contribution < -0.4 is 14.5 Å². The van der Waals surface area contributed by atoms with Crippen LogP contribution in [0, 0.1) is 0 Å². The first-order valence-corrected chi connectivity index (χ1v) is 23.2. The van der Waals surface area contributed by atoms with Crippen LogP contribution in [0.15, 0.2) is 170 Å². The highest BCUT2D eigenvalue weighted by molar-refractivity contribution is 6.12. The minimum Gasteiger partial charge on any atom is -0.457 e. The molecule has 10 aromatic rings. The van der Waals surface area contributed by atoms with Crippen molar-refractivity contribution in [2.45, 2.75) is 78.6 Å². The van der Waals surface area contributed by atoms with E-state index in [0.29, 0.717) is 6.67 Å². The maximum Gasteiger partial charge on any atom is 0.137 e. The number of anilines is 4. The van der Waals surface area contributed by atoms with E-state index in [1.807, 2.05) is 6.20 Å². The van der Waals surface area contributed by atoms with Gasteiger partial charge in [-0.1, -0.05) is 129 Å². The molecule has 0 N–H and O–H groups in total. The molecule has 7 aromatic carbocycles. The number of hydrogen-bond acceptors (Lipinski definition) is 4. The second kappa shape index (κ2) is 15.1. The summed E-state index contributed by atoms with van der Waals surface area (Å²) in [6.07, 6.45) is 1.94. The number of para-hydroxylation sites is 4. The lowest BCUT2D eigenvalue weighted by Gasteiger charge is -2.29. The van der Waals surface area contributed by atoms with Gasteiger partial charge in [0.25, 0.3) is 0 Å². The molecule has 0 radical (unpaired) electrons. The summed E-state index contributed by atoms with van der Waals surface area (Å²) in [5, 5.41) is 4.78. The largest absolute Gasteiger partial charge is 0.457 e. The minimum atomic E-state index is -0.0530. The van der Waals surface area contributed by atoms with E-state index in [2.05, 4.69) is 245 Å². The van der Waals surface area contributed by atoms with Crippen LogP contribution in [0.3, 0.4) is 0 Å². The molecule has 4 heterocycles. The number of ether oxygens (including phenoxy) is 1. The van der Waals surface area contributed by atoms with E-state index in [4.69, 9.17) is 9.72 Å². The number of hydrogen-bond donors (Lipinski definition) is 0. The van der Waals surface area contributed by atoms with E-state index in [-0.39, 0.29) is 16.2 Å². The molecule has 6 nitrogen and oxygen atoms in total. The van der Waals surface area contributed by atoms with Gasteiger partial charge in [0.15, 0.2) is 0 Å². The highest BCUT2D eigenvalue weighted by atomic mass is 16.5. The number of rotatable bonds is 6. The molecule has 1 aliphatic rings. The summed E-state index contributed by atoms with van der Waals surface area (Å²) in [5.74, 6) is 2.41. The van der Waals surface area contributed by atoms with Crippen LogP contribution in [0.25, 0.3) is 55.1 Å². The molecule has 0 amide bonds. The Hall–Kier alpha value is -7.31. The summed E-state index contributed by atoms with van der Waals surface area (Å²) < 4.78 is 11.6. The third-order valence-corrected chi connectivity index (χ3v) is 13.5. The lowest BCUT2D eigenvalue weighted by atomic mass is 9.80. The van der Waals surface area contributed by atoms with Crippen molar-refractivity contribution >= 4 is 66.4 Å². The molecule has 0 saturated heterocycles. The SMILES string of the molecule is CC(C)(C)c1cc(N2CN(c3cccc(Oc4ccc5c6ccc(-n7c8ccccc8c8ccccc87)cc6n(-c6cc(C(C)(C)C)ccn6)c5c4)c3)c3ccccc32)cc(C(C)(C)C)c1. The van der Waals surface area contributed by atoms with Crippen LogP contribution in [-0.4, -0.2) is 20.8 Å². The Morgan fingerprint density at radius 2 is 0.939 bits per heavy atom. The van der Waals surface area contributed by atoms with Crippen molar-refractivity contribution in [1.82, 2.24) is 14.1 Å². The lowest BCUT2D eigenvalue weighted by Crippen LogP contribution is -2.25. The molecule has 0 spiro atoms. The van der Waals surface area contributed by atoms with Gasteiger partial charge in [0, 0.05) is 56.9 Å². The van der Waals surface area contributed by atoms with Gasteiger partial charge in [-0.3, -0.25) is 4.57 Å². The van der Waals surface area contributed by atoms with Gasteiger partial charge in [-0.15, -0.1) is 0 Å². The van der Waals surface area contributed by atoms with E-state index >= 15 is 0 Å². The molecule has 0 aliphatic carbocycles. The number of fused-ring (bicyclic) bond motifs is 7. The van der Waals surface area contributed by atoms with Gasteiger partial charge in [-0.2, -0.15) is 0 Å². The second-order valence-electron chi connectivity index (χ2n) is 21.1. The van der Waals surface area contributed by atoms with E-state index < -0.39 is 0 Å². The zero-order chi connectivity index (χ0) is 45.7. The number of pyridine rings is 1. The molecule has 328 valence electrons. The average molecular weight is 864 g/mol. The van der Waals surface area contributed by atoms with E-state index in [1.54, 1.807) is 0 Å². The first-order valence-electron chi connectivity index (χ1n) is 23.2. The van der Waals surface area contributed by atoms with Gasteiger partial charge in [-0.05, 0) is 118 Å². The zero-order valence-electron chi connectivity index (χ0n) is 39.5. The Labute approximate surface area is 388 Å². The fraction of sp³-hybridized carbons (Fsp3) is 0.217. The molecule has 0 bridgehead atoms. The van der Waals surface area contributed by atoms with Crippen LogP contribution in [-0.2, 0) is 16.2 Å². The second-order valence-corrected chi connectivity index (χ2v) is 21.1. The minimum absolute atomic E-state index is 0.0152. The van der Waals surface area contributed by atoms with Crippen molar-refractivity contribution in [3.05, 3.63) is 187 Å². The fourth-order valence-electron chi connectivity index (χ4n) is 9.78. The highest BCUT2D eigenvalue weighted by Crippen LogP contribution is 2.47. The topological polar surface area (TPSA) is 38.5 Å². The Balaban J connectivity index is 0.999. The molecule has 1 aliphatic heterocycles. The van der Waals surface area contributed by atoms with Crippen LogP contribution in [0.2, 0.25) is 0 Å². The highest BCUT2D eigenvalue weighted by Gasteiger charge is 2.30. The van der Waals surface area contributed by atoms with Gasteiger partial charge >= 0.3 is 0 Å². The van der Waals surface area contributed by atoms with Crippen molar-refractivity contribution in [2.75, 3.05) is 16.5 Å². The van der Waals surface area contributed by atoms with Crippen LogP contribution >= 0.6 is 0 Å². The smallest absolute Gasteiger partial charge is 0.137 e. The first-order chi connectivity index (χ1) is 31.6. The van der Waals surface area contributed by atoms with Gasteiger partial charge < -0.3 is 19.1 Å². The predicted octanol–water partition coefficient (Wildman–Crippen LogP) is 16.2. The molecule has 11 rings (SSSR count). The van der Waals surface area contributed by atoms with Gasteiger partial charge in [0.1, 0.15) is 24.0 Å².